The van der Waals surface area contributed by atoms with Gasteiger partial charge in [-0.1, -0.05) is 136 Å². The van der Waals surface area contributed by atoms with Gasteiger partial charge in [0.2, 0.25) is 11.8 Å². The van der Waals surface area contributed by atoms with E-state index in [4.69, 9.17) is 14.9 Å². The van der Waals surface area contributed by atoms with Gasteiger partial charge in [-0.25, -0.2) is 4.79 Å². The third-order valence-electron chi connectivity index (χ3n) is 8.44. The number of carbonyl (C=O) groups excluding carboxylic acids is 3. The molecule has 0 rings (SSSR count). The lowest BCUT2D eigenvalue weighted by atomic mass is 10.1. The molecule has 0 aliphatic heterocycles. The molecule has 2 atom stereocenters. The van der Waals surface area contributed by atoms with Crippen LogP contribution in [0.3, 0.4) is 0 Å². The fourth-order valence-corrected chi connectivity index (χ4v) is 5.21. The zero-order valence-corrected chi connectivity index (χ0v) is 35.5. The van der Waals surface area contributed by atoms with Crippen LogP contribution in [0.15, 0.2) is 122 Å². The van der Waals surface area contributed by atoms with Crippen LogP contribution in [0.1, 0.15) is 136 Å². The maximum absolute atomic E-state index is 12.7. The number of hydrogen-bond donors (Lipinski definition) is 4. The minimum atomic E-state index is -1.42. The van der Waals surface area contributed by atoms with E-state index in [1.807, 2.05) is 12.2 Å². The number of ether oxygens (including phenoxy) is 1. The summed E-state index contributed by atoms with van der Waals surface area (Å²) in [6, 6.07) is -1.42. The molecule has 2 amide bonds. The van der Waals surface area contributed by atoms with E-state index in [9.17, 15) is 19.2 Å². The molecule has 9 heteroatoms. The fourth-order valence-electron chi connectivity index (χ4n) is 5.21. The van der Waals surface area contributed by atoms with Crippen LogP contribution >= 0.6 is 0 Å². The van der Waals surface area contributed by atoms with Crippen molar-refractivity contribution < 1.29 is 34.1 Å². The van der Waals surface area contributed by atoms with E-state index >= 15 is 0 Å². The number of carbonyl (C=O) groups is 4. The Morgan fingerprint density at radius 2 is 0.983 bits per heavy atom. The molecule has 9 nitrogen and oxygen atoms in total. The highest BCUT2D eigenvalue weighted by Crippen LogP contribution is 2.13. The van der Waals surface area contributed by atoms with E-state index < -0.39 is 30.6 Å². The van der Waals surface area contributed by atoms with Crippen molar-refractivity contribution in [1.29, 1.82) is 0 Å². The van der Waals surface area contributed by atoms with E-state index in [2.05, 4.69) is 134 Å². The zero-order chi connectivity index (χ0) is 42.6. The number of carboxylic acid groups (broad SMARTS) is 1. The summed E-state index contributed by atoms with van der Waals surface area (Å²) in [5, 5.41) is 22.6. The molecule has 58 heavy (non-hydrogen) atoms. The van der Waals surface area contributed by atoms with Gasteiger partial charge >= 0.3 is 11.9 Å². The van der Waals surface area contributed by atoms with E-state index in [1.165, 1.54) is 0 Å². The second-order valence-corrected chi connectivity index (χ2v) is 13.7. The summed E-state index contributed by atoms with van der Waals surface area (Å²) < 4.78 is 5.83. The SMILES string of the molecule is CC/C=C\C/C=C\C/C=C\C/C=C\C/C=C\CCCCCC(=O)OC(/C=C\C/C=C\C/C=C\C/C=C\C/C=C\CC)CCCCC(=O)NCC(=O)NC(CO)C(=O)O. The quantitative estimate of drug-likeness (QED) is 0.0281. The number of nitrogens with one attached hydrogen (secondary N) is 2. The third-order valence-corrected chi connectivity index (χ3v) is 8.44. The number of unbranched alkanes of at least 4 members (excludes halogenated alkanes) is 4. The smallest absolute Gasteiger partial charge is 0.328 e. The van der Waals surface area contributed by atoms with Crippen molar-refractivity contribution in [2.75, 3.05) is 13.2 Å². The van der Waals surface area contributed by atoms with Gasteiger partial charge < -0.3 is 25.6 Å². The van der Waals surface area contributed by atoms with Crippen LogP contribution in [0.25, 0.3) is 0 Å². The van der Waals surface area contributed by atoms with Crippen molar-refractivity contribution in [2.45, 2.75) is 148 Å². The van der Waals surface area contributed by atoms with E-state index in [1.54, 1.807) is 0 Å². The molecule has 4 N–H and O–H groups in total. The lowest BCUT2D eigenvalue weighted by Crippen LogP contribution is -2.47. The van der Waals surface area contributed by atoms with Crippen LogP contribution in [-0.2, 0) is 23.9 Å². The first-order valence-corrected chi connectivity index (χ1v) is 21.4. The van der Waals surface area contributed by atoms with Crippen molar-refractivity contribution in [3.63, 3.8) is 0 Å². The van der Waals surface area contributed by atoms with Gasteiger partial charge in [0.15, 0.2) is 0 Å². The highest BCUT2D eigenvalue weighted by Gasteiger charge is 2.19. The second-order valence-electron chi connectivity index (χ2n) is 13.7. The van der Waals surface area contributed by atoms with Crippen molar-refractivity contribution in [1.82, 2.24) is 10.6 Å². The Balaban J connectivity index is 4.63. The van der Waals surface area contributed by atoms with Gasteiger partial charge in [0, 0.05) is 12.8 Å². The molecule has 0 aliphatic rings. The lowest BCUT2D eigenvalue weighted by Gasteiger charge is -2.15. The number of aliphatic hydroxyl groups is 1. The van der Waals surface area contributed by atoms with Crippen molar-refractivity contribution >= 4 is 23.8 Å². The number of carboxylic acids is 1. The fraction of sp³-hybridized carbons (Fsp3) is 0.510. The summed E-state index contributed by atoms with van der Waals surface area (Å²) in [5.74, 6) is -2.64. The number of hydrogen-bond acceptors (Lipinski definition) is 6. The Morgan fingerprint density at radius 1 is 0.534 bits per heavy atom. The first kappa shape index (κ1) is 53.2. The number of aliphatic carboxylic acids is 1. The Hall–Kier alpha value is -4.76. The molecule has 0 aromatic heterocycles. The molecular formula is C49H74N2O7. The number of aliphatic hydroxyl groups excluding tert-OH is 1. The summed E-state index contributed by atoms with van der Waals surface area (Å²) in [6.45, 7) is 3.14. The molecule has 0 radical (unpaired) electrons. The van der Waals surface area contributed by atoms with Crippen LogP contribution < -0.4 is 10.6 Å². The summed E-state index contributed by atoms with van der Waals surface area (Å²) in [4.78, 5) is 47.8. The van der Waals surface area contributed by atoms with Gasteiger partial charge in [-0.15, -0.1) is 0 Å². The molecule has 0 fully saturated rings. The van der Waals surface area contributed by atoms with Gasteiger partial charge in [-0.05, 0) is 109 Å². The normalized spacial score (nSPS) is 13.7. The molecule has 0 aromatic rings. The average molecular weight is 803 g/mol. The third kappa shape index (κ3) is 38.1. The van der Waals surface area contributed by atoms with Gasteiger partial charge in [-0.3, -0.25) is 14.4 Å². The van der Waals surface area contributed by atoms with Crippen molar-refractivity contribution in [3.8, 4) is 0 Å². The van der Waals surface area contributed by atoms with E-state index in [0.717, 1.165) is 83.5 Å². The Kier molecular flexibility index (Phi) is 38.4. The lowest BCUT2D eigenvalue weighted by molar-refractivity contribution is -0.147. The highest BCUT2D eigenvalue weighted by molar-refractivity contribution is 5.87. The maximum atomic E-state index is 12.7. The second kappa shape index (κ2) is 41.9. The predicted octanol–water partition coefficient (Wildman–Crippen LogP) is 10.6. The number of allylic oxidation sites excluding steroid dienone is 19. The van der Waals surface area contributed by atoms with E-state index in [-0.39, 0.29) is 24.8 Å². The molecule has 0 bridgehead atoms. The van der Waals surface area contributed by atoms with Gasteiger partial charge in [-0.2, -0.15) is 0 Å². The monoisotopic (exact) mass is 803 g/mol. The van der Waals surface area contributed by atoms with E-state index in [0.29, 0.717) is 32.1 Å². The molecule has 322 valence electrons. The predicted molar refractivity (Wildman–Crippen MR) is 240 cm³/mol. The topological polar surface area (TPSA) is 142 Å². The Labute approximate surface area is 350 Å². The molecule has 2 unspecified atom stereocenters. The van der Waals surface area contributed by atoms with Gasteiger partial charge in [0.25, 0.3) is 0 Å². The molecular weight excluding hydrogens is 729 g/mol. The highest BCUT2D eigenvalue weighted by atomic mass is 16.5. The summed E-state index contributed by atoms with van der Waals surface area (Å²) >= 11 is 0. The molecule has 0 aromatic carbocycles. The largest absolute Gasteiger partial charge is 0.480 e. The minimum Gasteiger partial charge on any atom is -0.480 e. The number of rotatable bonds is 36. The van der Waals surface area contributed by atoms with Crippen LogP contribution in [0, 0.1) is 0 Å². The first-order valence-electron chi connectivity index (χ1n) is 21.4. The minimum absolute atomic E-state index is 0.167. The molecule has 0 heterocycles. The Morgan fingerprint density at radius 3 is 1.45 bits per heavy atom. The first-order chi connectivity index (χ1) is 28.3. The van der Waals surface area contributed by atoms with Crippen LogP contribution in [-0.4, -0.2) is 59.3 Å². The van der Waals surface area contributed by atoms with Crippen molar-refractivity contribution in [2.24, 2.45) is 0 Å². The molecule has 0 saturated heterocycles. The van der Waals surface area contributed by atoms with Gasteiger partial charge in [0.05, 0.1) is 13.2 Å². The van der Waals surface area contributed by atoms with Crippen LogP contribution in [0.2, 0.25) is 0 Å². The zero-order valence-electron chi connectivity index (χ0n) is 35.5. The maximum Gasteiger partial charge on any atom is 0.328 e. The average Bonchev–Trinajstić information content (AvgIpc) is 3.21. The molecule has 0 saturated carbocycles. The van der Waals surface area contributed by atoms with Crippen molar-refractivity contribution in [3.05, 3.63) is 122 Å². The van der Waals surface area contributed by atoms with Crippen LogP contribution in [0.5, 0.6) is 0 Å². The van der Waals surface area contributed by atoms with Gasteiger partial charge in [0.1, 0.15) is 12.1 Å². The summed E-state index contributed by atoms with van der Waals surface area (Å²) in [7, 11) is 0. The molecule has 0 aliphatic carbocycles. The van der Waals surface area contributed by atoms with Crippen LogP contribution in [0.4, 0.5) is 0 Å². The Bertz CT molecular complexity index is 1380. The summed E-state index contributed by atoms with van der Waals surface area (Å²) in [5.41, 5.74) is 0. The summed E-state index contributed by atoms with van der Waals surface area (Å²) in [6.07, 6.45) is 58.0. The standard InChI is InChI=1S/C49H74N2O7/c1-3-5-7-9-11-13-15-17-19-20-21-22-23-25-27-29-31-33-35-41-48(55)58-44(38-34-32-30-28-26-24-18-16-14-12-10-8-6-4-2)39-36-37-40-46(53)50-42-47(54)51-45(43-52)49(56)57/h5-8,11-14,17-19,21-22,24-25,27-28,30,34,38,44-45,52H,3-4,9-10,15-16,20,23,26,29,31-33,35-37,39-43H2,1-2H3,(H,50,53)(H,51,54)(H,56,57)/b7-5-,8-6-,13-11-,14-12-,19-17-,22-21-,24-18-,27-25-,30-28-,38-34-. The number of amides is 2. The molecule has 0 spiro atoms. The number of esters is 1.